The van der Waals surface area contributed by atoms with Gasteiger partial charge in [0.15, 0.2) is 0 Å². The Morgan fingerprint density at radius 2 is 1.81 bits per heavy atom. The zero-order valence-corrected chi connectivity index (χ0v) is 22.3. The van der Waals surface area contributed by atoms with Crippen molar-refractivity contribution < 1.29 is 24.2 Å². The van der Waals surface area contributed by atoms with E-state index in [-0.39, 0.29) is 17.9 Å². The molecular formula is C31H37NO5. The standard InChI is InChI=1S/C31H37NO5/c1-30(2,3)37-29(35)20-11-13-26-27(16-20)32-18-23(28(33)34)14-22-15-25(36-4)12-10-21(22)17-31(26,19-32)24-8-6-5-7-9-24/h10-16,24H,5-9,17-19H2,1-4H3,(H,33,34). The molecule has 3 aliphatic rings. The molecule has 0 spiro atoms. The van der Waals surface area contributed by atoms with E-state index in [0.29, 0.717) is 17.1 Å². The first-order valence-corrected chi connectivity index (χ1v) is 13.3. The van der Waals surface area contributed by atoms with Crippen molar-refractivity contribution in [2.24, 2.45) is 5.92 Å². The number of anilines is 1. The molecule has 5 rings (SSSR count). The van der Waals surface area contributed by atoms with Crippen LogP contribution in [0.3, 0.4) is 0 Å². The third kappa shape index (κ3) is 4.86. The molecular weight excluding hydrogens is 466 g/mol. The number of aliphatic carboxylic acids is 1. The number of carboxylic acid groups (broad SMARTS) is 1. The lowest BCUT2D eigenvalue weighted by Crippen LogP contribution is -2.43. The van der Waals surface area contributed by atoms with Crippen molar-refractivity contribution in [3.8, 4) is 5.75 Å². The lowest BCUT2D eigenvalue weighted by Gasteiger charge is -2.41. The molecule has 1 aliphatic carbocycles. The van der Waals surface area contributed by atoms with Crippen molar-refractivity contribution >= 4 is 23.7 Å². The van der Waals surface area contributed by atoms with Gasteiger partial charge in [0.1, 0.15) is 11.4 Å². The van der Waals surface area contributed by atoms with E-state index in [1.165, 1.54) is 24.8 Å². The van der Waals surface area contributed by atoms with Gasteiger partial charge in [-0.05, 0) is 93.0 Å². The summed E-state index contributed by atoms with van der Waals surface area (Å²) in [5.41, 5.74) is 4.30. The van der Waals surface area contributed by atoms with E-state index >= 15 is 0 Å². The molecule has 0 radical (unpaired) electrons. The van der Waals surface area contributed by atoms with Gasteiger partial charge in [0.25, 0.3) is 0 Å². The quantitative estimate of drug-likeness (QED) is 0.515. The van der Waals surface area contributed by atoms with Crippen molar-refractivity contribution in [2.75, 3.05) is 25.1 Å². The predicted octanol–water partition coefficient (Wildman–Crippen LogP) is 6.01. The number of carbonyl (C=O) groups excluding carboxylic acids is 1. The number of nitrogens with zero attached hydrogens (tertiary/aromatic N) is 1. The van der Waals surface area contributed by atoms with Crippen LogP contribution in [0, 0.1) is 5.92 Å². The number of carbonyl (C=O) groups is 2. The van der Waals surface area contributed by atoms with Crippen LogP contribution in [-0.4, -0.2) is 42.8 Å². The minimum absolute atomic E-state index is 0.159. The molecule has 1 N–H and O–H groups in total. The molecule has 1 saturated carbocycles. The molecule has 0 amide bonds. The van der Waals surface area contributed by atoms with Crippen molar-refractivity contribution in [2.45, 2.75) is 70.3 Å². The Bertz CT molecular complexity index is 1250. The molecule has 1 atom stereocenters. The summed E-state index contributed by atoms with van der Waals surface area (Å²) in [6.45, 7) is 6.59. The summed E-state index contributed by atoms with van der Waals surface area (Å²) in [6, 6.07) is 11.9. The van der Waals surface area contributed by atoms with Crippen molar-refractivity contribution in [3.05, 3.63) is 64.2 Å². The first kappa shape index (κ1) is 25.4. The smallest absolute Gasteiger partial charge is 0.338 e. The molecule has 2 heterocycles. The second kappa shape index (κ2) is 9.55. The average Bonchev–Trinajstić information content (AvgIpc) is 3.20. The fourth-order valence-corrected chi connectivity index (χ4v) is 6.53. The van der Waals surface area contributed by atoms with E-state index in [9.17, 15) is 14.7 Å². The number of carboxylic acids is 1. The Kier molecular flexibility index (Phi) is 6.55. The first-order valence-electron chi connectivity index (χ1n) is 13.3. The third-order valence-electron chi connectivity index (χ3n) is 8.19. The Morgan fingerprint density at radius 1 is 1.05 bits per heavy atom. The zero-order chi connectivity index (χ0) is 26.4. The van der Waals surface area contributed by atoms with Crippen LogP contribution in [-0.2, 0) is 21.4 Å². The summed E-state index contributed by atoms with van der Waals surface area (Å²) in [4.78, 5) is 27.5. The number of esters is 1. The van der Waals surface area contributed by atoms with E-state index < -0.39 is 11.6 Å². The number of ether oxygens (including phenoxy) is 2. The lowest BCUT2D eigenvalue weighted by molar-refractivity contribution is -0.132. The summed E-state index contributed by atoms with van der Waals surface area (Å²) in [7, 11) is 1.63. The maximum absolute atomic E-state index is 13.0. The highest BCUT2D eigenvalue weighted by molar-refractivity contribution is 5.95. The van der Waals surface area contributed by atoms with Crippen LogP contribution >= 0.6 is 0 Å². The highest BCUT2D eigenvalue weighted by atomic mass is 16.6. The van der Waals surface area contributed by atoms with Gasteiger partial charge in [0.2, 0.25) is 0 Å². The normalized spacial score (nSPS) is 21.6. The monoisotopic (exact) mass is 503 g/mol. The van der Waals surface area contributed by atoms with Gasteiger partial charge in [-0.2, -0.15) is 0 Å². The summed E-state index contributed by atoms with van der Waals surface area (Å²) >= 11 is 0. The third-order valence-corrected chi connectivity index (χ3v) is 8.19. The largest absolute Gasteiger partial charge is 0.497 e. The molecule has 2 aliphatic heterocycles. The van der Waals surface area contributed by atoms with E-state index in [2.05, 4.69) is 17.0 Å². The van der Waals surface area contributed by atoms with E-state index in [1.807, 2.05) is 45.0 Å². The second-order valence-electron chi connectivity index (χ2n) is 11.8. The highest BCUT2D eigenvalue weighted by Crippen LogP contribution is 2.53. The summed E-state index contributed by atoms with van der Waals surface area (Å²) in [5, 5.41) is 10.2. The van der Waals surface area contributed by atoms with Crippen molar-refractivity contribution in [1.82, 2.24) is 0 Å². The van der Waals surface area contributed by atoms with E-state index in [1.54, 1.807) is 13.2 Å². The van der Waals surface area contributed by atoms with Crippen LogP contribution in [0.2, 0.25) is 0 Å². The molecule has 2 aromatic carbocycles. The van der Waals surface area contributed by atoms with E-state index in [4.69, 9.17) is 9.47 Å². The molecule has 196 valence electrons. The summed E-state index contributed by atoms with van der Waals surface area (Å²) in [5.74, 6) is -0.0862. The summed E-state index contributed by atoms with van der Waals surface area (Å²) < 4.78 is 11.1. The van der Waals surface area contributed by atoms with Crippen LogP contribution in [0.15, 0.2) is 42.0 Å². The SMILES string of the molecule is COc1ccc2c(c1)C=C(C(=O)O)CN1CC(C3CCCCC3)(C2)c2ccc(C(=O)OC(C)(C)C)cc21. The maximum Gasteiger partial charge on any atom is 0.338 e. The van der Waals surface area contributed by atoms with E-state index in [0.717, 1.165) is 48.4 Å². The first-order chi connectivity index (χ1) is 17.6. The molecule has 1 unspecified atom stereocenters. The van der Waals surface area contributed by atoms with Gasteiger partial charge in [0.05, 0.1) is 24.8 Å². The van der Waals surface area contributed by atoms with Crippen LogP contribution < -0.4 is 9.64 Å². The second-order valence-corrected chi connectivity index (χ2v) is 11.8. The van der Waals surface area contributed by atoms with Gasteiger partial charge in [-0.15, -0.1) is 0 Å². The zero-order valence-electron chi connectivity index (χ0n) is 22.3. The Balaban J connectivity index is 1.68. The van der Waals surface area contributed by atoms with Gasteiger partial charge >= 0.3 is 11.9 Å². The minimum Gasteiger partial charge on any atom is -0.497 e. The topological polar surface area (TPSA) is 76.1 Å². The Hall–Kier alpha value is -3.28. The van der Waals surface area contributed by atoms with Gasteiger partial charge in [0, 0.05) is 17.6 Å². The number of methoxy groups -OCH3 is 1. The number of fused-ring (bicyclic) bond motifs is 6. The van der Waals surface area contributed by atoms with Gasteiger partial charge in [-0.25, -0.2) is 9.59 Å². The predicted molar refractivity (Wildman–Crippen MR) is 144 cm³/mol. The Labute approximate surface area is 219 Å². The van der Waals surface area contributed by atoms with Gasteiger partial charge < -0.3 is 19.5 Å². The number of hydrogen-bond donors (Lipinski definition) is 1. The fourth-order valence-electron chi connectivity index (χ4n) is 6.53. The molecule has 0 saturated heterocycles. The maximum atomic E-state index is 13.0. The number of benzene rings is 2. The average molecular weight is 504 g/mol. The summed E-state index contributed by atoms with van der Waals surface area (Å²) in [6.07, 6.45) is 8.62. The van der Waals surface area contributed by atoms with Gasteiger partial charge in [-0.1, -0.05) is 31.4 Å². The lowest BCUT2D eigenvalue weighted by atomic mass is 9.63. The van der Waals surface area contributed by atoms with Gasteiger partial charge in [-0.3, -0.25) is 0 Å². The fraction of sp³-hybridized carbons (Fsp3) is 0.484. The molecule has 1 fully saturated rings. The van der Waals surface area contributed by atoms with Crippen molar-refractivity contribution in [1.29, 1.82) is 0 Å². The van der Waals surface area contributed by atoms with Crippen LogP contribution in [0.5, 0.6) is 5.75 Å². The number of hydrogen-bond acceptors (Lipinski definition) is 5. The molecule has 6 nitrogen and oxygen atoms in total. The molecule has 6 heteroatoms. The molecule has 2 bridgehead atoms. The van der Waals surface area contributed by atoms with Crippen LogP contribution in [0.4, 0.5) is 5.69 Å². The minimum atomic E-state index is -0.935. The highest BCUT2D eigenvalue weighted by Gasteiger charge is 2.49. The van der Waals surface area contributed by atoms with Crippen LogP contribution in [0.25, 0.3) is 6.08 Å². The number of rotatable bonds is 4. The Morgan fingerprint density at radius 3 is 2.49 bits per heavy atom. The van der Waals surface area contributed by atoms with Crippen LogP contribution in [0.1, 0.15) is 79.9 Å². The molecule has 0 aromatic heterocycles. The molecule has 2 aromatic rings. The molecule has 37 heavy (non-hydrogen) atoms. The van der Waals surface area contributed by atoms with Crippen molar-refractivity contribution in [3.63, 3.8) is 0 Å².